The van der Waals surface area contributed by atoms with E-state index in [0.717, 1.165) is 12.1 Å². The van der Waals surface area contributed by atoms with Crippen LogP contribution in [0.15, 0.2) is 34.9 Å². The molecule has 1 atom stereocenters. The fourth-order valence-corrected chi connectivity index (χ4v) is 5.21. The maximum Gasteiger partial charge on any atom is 0.226 e. The number of anilines is 1. The van der Waals surface area contributed by atoms with Crippen molar-refractivity contribution in [1.82, 2.24) is 14.8 Å². The fourth-order valence-electron chi connectivity index (χ4n) is 3.52. The second kappa shape index (κ2) is 8.22. The third-order valence-electron chi connectivity index (χ3n) is 5.00. The summed E-state index contributed by atoms with van der Waals surface area (Å²) in [4.78, 5) is 16.5. The first kappa shape index (κ1) is 21.2. The molecular weight excluding hydrogens is 430 g/mol. The average Bonchev–Trinajstić information content (AvgIpc) is 3.39. The lowest BCUT2D eigenvalue weighted by atomic mass is 10.2. The topological polar surface area (TPSA) is 107 Å². The Morgan fingerprint density at radius 2 is 2.13 bits per heavy atom. The monoisotopic (exact) mass is 450 g/mol. The molecule has 1 saturated heterocycles. The van der Waals surface area contributed by atoms with Gasteiger partial charge in [0.25, 0.3) is 0 Å². The number of nitrogens with one attached hydrogen (secondary N) is 1. The first-order valence-corrected chi connectivity index (χ1v) is 11.5. The summed E-state index contributed by atoms with van der Waals surface area (Å²) in [5.74, 6) is -0.869. The smallest absolute Gasteiger partial charge is 0.226 e. The molecule has 0 bridgehead atoms. The summed E-state index contributed by atoms with van der Waals surface area (Å²) in [7, 11) is -3.09. The summed E-state index contributed by atoms with van der Waals surface area (Å²) < 4.78 is 57.5. The number of halogens is 2. The third-order valence-corrected chi connectivity index (χ3v) is 6.75. The summed E-state index contributed by atoms with van der Waals surface area (Å²) in [5, 5.41) is 7.08. The van der Waals surface area contributed by atoms with E-state index in [4.69, 9.17) is 4.42 Å². The van der Waals surface area contributed by atoms with Crippen LogP contribution in [-0.4, -0.2) is 40.6 Å². The van der Waals surface area contributed by atoms with Gasteiger partial charge in [0.1, 0.15) is 17.5 Å². The van der Waals surface area contributed by atoms with Crippen molar-refractivity contribution in [3.63, 3.8) is 0 Å². The van der Waals surface area contributed by atoms with E-state index in [0.29, 0.717) is 17.9 Å². The quantitative estimate of drug-likeness (QED) is 0.619. The highest BCUT2D eigenvalue weighted by Crippen LogP contribution is 2.27. The van der Waals surface area contributed by atoms with E-state index in [-0.39, 0.29) is 53.5 Å². The SMILES string of the molecule is Cc1cc(NC(=O)CCc2ncc(-c3ccc(F)cc3F)o2)n(C2CCS(=O)(=O)C2)n1. The molecule has 31 heavy (non-hydrogen) atoms. The minimum Gasteiger partial charge on any atom is -0.441 e. The lowest BCUT2D eigenvalue weighted by Crippen LogP contribution is -2.19. The number of nitrogens with zero attached hydrogens (tertiary/aromatic N) is 3. The van der Waals surface area contributed by atoms with Crippen LogP contribution in [0.25, 0.3) is 11.3 Å². The van der Waals surface area contributed by atoms with Crippen molar-refractivity contribution >= 4 is 21.6 Å². The first-order valence-electron chi connectivity index (χ1n) is 9.67. The van der Waals surface area contributed by atoms with Gasteiger partial charge in [-0.05, 0) is 25.5 Å². The number of sulfone groups is 1. The number of hydrogen-bond acceptors (Lipinski definition) is 6. The van der Waals surface area contributed by atoms with Gasteiger partial charge in [-0.2, -0.15) is 5.10 Å². The first-order chi connectivity index (χ1) is 14.7. The molecule has 1 N–H and O–H groups in total. The minimum absolute atomic E-state index is 0.00394. The molecule has 11 heteroatoms. The van der Waals surface area contributed by atoms with Crippen LogP contribution in [0.2, 0.25) is 0 Å². The van der Waals surface area contributed by atoms with Crippen molar-refractivity contribution in [2.75, 3.05) is 16.8 Å². The molecule has 0 aliphatic carbocycles. The van der Waals surface area contributed by atoms with Crippen LogP contribution in [0.5, 0.6) is 0 Å². The Hall–Kier alpha value is -3.08. The Balaban J connectivity index is 1.39. The molecule has 1 fully saturated rings. The fraction of sp³-hybridized carbons (Fsp3) is 0.350. The lowest BCUT2D eigenvalue weighted by Gasteiger charge is -2.13. The number of oxazole rings is 1. The molecular formula is C20H20F2N4O4S. The predicted molar refractivity (Wildman–Crippen MR) is 108 cm³/mol. The zero-order chi connectivity index (χ0) is 22.2. The Morgan fingerprint density at radius 3 is 2.84 bits per heavy atom. The van der Waals surface area contributed by atoms with E-state index in [1.165, 1.54) is 12.3 Å². The normalized spacial score (nSPS) is 17.7. The third kappa shape index (κ3) is 4.82. The molecule has 0 saturated carbocycles. The number of benzene rings is 1. The average molecular weight is 450 g/mol. The van der Waals surface area contributed by atoms with Crippen LogP contribution in [0.3, 0.4) is 0 Å². The van der Waals surface area contributed by atoms with Gasteiger partial charge in [0.05, 0.1) is 35.0 Å². The Kier molecular flexibility index (Phi) is 5.61. The van der Waals surface area contributed by atoms with Gasteiger partial charge in [0.2, 0.25) is 5.91 Å². The van der Waals surface area contributed by atoms with Gasteiger partial charge in [0, 0.05) is 25.0 Å². The maximum atomic E-state index is 13.9. The number of aryl methyl sites for hydroxylation is 2. The molecule has 1 aromatic carbocycles. The highest BCUT2D eigenvalue weighted by atomic mass is 32.2. The Labute approximate surface area is 177 Å². The molecule has 1 unspecified atom stereocenters. The highest BCUT2D eigenvalue weighted by molar-refractivity contribution is 7.91. The van der Waals surface area contributed by atoms with Gasteiger partial charge >= 0.3 is 0 Å². The van der Waals surface area contributed by atoms with Crippen molar-refractivity contribution < 1.29 is 26.4 Å². The highest BCUT2D eigenvalue weighted by Gasteiger charge is 2.31. The molecule has 164 valence electrons. The number of hydrogen-bond donors (Lipinski definition) is 1. The maximum absolute atomic E-state index is 13.9. The van der Waals surface area contributed by atoms with Crippen molar-refractivity contribution in [2.24, 2.45) is 0 Å². The van der Waals surface area contributed by atoms with E-state index in [2.05, 4.69) is 15.4 Å². The van der Waals surface area contributed by atoms with Crippen LogP contribution in [0, 0.1) is 18.6 Å². The van der Waals surface area contributed by atoms with Crippen molar-refractivity contribution in [3.8, 4) is 11.3 Å². The van der Waals surface area contributed by atoms with Crippen molar-refractivity contribution in [2.45, 2.75) is 32.2 Å². The molecule has 8 nitrogen and oxygen atoms in total. The van der Waals surface area contributed by atoms with Gasteiger partial charge in [0.15, 0.2) is 21.5 Å². The van der Waals surface area contributed by atoms with Crippen LogP contribution in [0.1, 0.15) is 30.5 Å². The Morgan fingerprint density at radius 1 is 1.32 bits per heavy atom. The molecule has 1 aliphatic heterocycles. The zero-order valence-corrected chi connectivity index (χ0v) is 17.5. The molecule has 0 spiro atoms. The lowest BCUT2D eigenvalue weighted by molar-refractivity contribution is -0.116. The van der Waals surface area contributed by atoms with E-state index in [9.17, 15) is 22.0 Å². The van der Waals surface area contributed by atoms with Crippen LogP contribution >= 0.6 is 0 Å². The standard InChI is InChI=1S/C20H20F2N4O4S/c1-12-8-18(26(25-12)14-6-7-31(28,29)11-14)24-19(27)4-5-20-23-10-17(30-20)15-3-2-13(21)9-16(15)22/h2-3,8-10,14H,4-7,11H2,1H3,(H,24,27). The molecule has 3 aromatic rings. The van der Waals surface area contributed by atoms with Crippen LogP contribution < -0.4 is 5.32 Å². The summed E-state index contributed by atoms with van der Waals surface area (Å²) in [5.41, 5.74) is 0.744. The number of carbonyl (C=O) groups excluding carboxylic acids is 1. The van der Waals surface area contributed by atoms with Gasteiger partial charge in [-0.1, -0.05) is 0 Å². The van der Waals surface area contributed by atoms with E-state index in [1.807, 2.05) is 0 Å². The Bertz CT molecular complexity index is 1240. The van der Waals surface area contributed by atoms with Crippen molar-refractivity contribution in [3.05, 3.63) is 53.7 Å². The zero-order valence-electron chi connectivity index (χ0n) is 16.6. The molecule has 1 amide bonds. The van der Waals surface area contributed by atoms with Gasteiger partial charge in [-0.3, -0.25) is 4.79 Å². The predicted octanol–water partition coefficient (Wildman–Crippen LogP) is 3.06. The summed E-state index contributed by atoms with van der Waals surface area (Å²) in [6, 6.07) is 4.51. The molecule has 0 radical (unpaired) electrons. The number of rotatable bonds is 6. The van der Waals surface area contributed by atoms with Crippen LogP contribution in [0.4, 0.5) is 14.6 Å². The van der Waals surface area contributed by atoms with Gasteiger partial charge in [-0.15, -0.1) is 0 Å². The van der Waals surface area contributed by atoms with Gasteiger partial charge < -0.3 is 9.73 Å². The molecule has 4 rings (SSSR count). The van der Waals surface area contributed by atoms with Gasteiger partial charge in [-0.25, -0.2) is 26.9 Å². The largest absolute Gasteiger partial charge is 0.441 e. The second-order valence-electron chi connectivity index (χ2n) is 7.46. The summed E-state index contributed by atoms with van der Waals surface area (Å²) >= 11 is 0. The summed E-state index contributed by atoms with van der Waals surface area (Å²) in [6.07, 6.45) is 1.98. The summed E-state index contributed by atoms with van der Waals surface area (Å²) in [6.45, 7) is 1.76. The number of amides is 1. The molecule has 3 heterocycles. The second-order valence-corrected chi connectivity index (χ2v) is 9.69. The van der Waals surface area contributed by atoms with E-state index in [1.54, 1.807) is 17.7 Å². The van der Waals surface area contributed by atoms with Crippen LogP contribution in [-0.2, 0) is 21.1 Å². The minimum atomic E-state index is -3.09. The molecule has 1 aliphatic rings. The van der Waals surface area contributed by atoms with E-state index >= 15 is 0 Å². The molecule has 2 aromatic heterocycles. The number of carbonyl (C=O) groups is 1. The van der Waals surface area contributed by atoms with E-state index < -0.39 is 21.5 Å². The number of aromatic nitrogens is 3. The van der Waals surface area contributed by atoms with Crippen molar-refractivity contribution in [1.29, 1.82) is 0 Å².